The molecule has 0 aromatic carbocycles. The molecule has 1 aliphatic heterocycles. The van der Waals surface area contributed by atoms with Gasteiger partial charge in [0, 0.05) is 0 Å². The minimum absolute atomic E-state index is 0.306. The van der Waals surface area contributed by atoms with Crippen LogP contribution in [0.4, 0.5) is 0 Å². The minimum Gasteiger partial charge on any atom is -0.350 e. The molecule has 0 aromatic rings. The van der Waals surface area contributed by atoms with Gasteiger partial charge in [-0.25, -0.2) is 0 Å². The molecule has 82 valence electrons. The second-order valence-electron chi connectivity index (χ2n) is 2.81. The highest BCUT2D eigenvalue weighted by Crippen LogP contribution is 2.14. The van der Waals surface area contributed by atoms with Gasteiger partial charge in [-0.05, 0) is 13.3 Å². The molecule has 0 N–H and O–H groups in total. The van der Waals surface area contributed by atoms with Gasteiger partial charge >= 0.3 is 0 Å². The van der Waals surface area contributed by atoms with Gasteiger partial charge in [-0.2, -0.15) is 0 Å². The Balaban J connectivity index is 0. The Hall–Kier alpha value is -0.0800. The van der Waals surface area contributed by atoms with E-state index in [9.17, 15) is 0 Å². The summed E-state index contributed by atoms with van der Waals surface area (Å²) in [6.45, 7) is 12.9. The molecule has 1 rings (SSSR count). The van der Waals surface area contributed by atoms with E-state index in [2.05, 4.69) is 20.8 Å². The first-order valence-electron chi connectivity index (χ1n) is 5.49. The van der Waals surface area contributed by atoms with Gasteiger partial charge in [0.1, 0.15) is 6.79 Å². The van der Waals surface area contributed by atoms with E-state index in [1.54, 1.807) is 0 Å². The lowest BCUT2D eigenvalue weighted by Gasteiger charge is -2.07. The van der Waals surface area contributed by atoms with Crippen molar-refractivity contribution in [1.29, 1.82) is 0 Å². The summed E-state index contributed by atoms with van der Waals surface area (Å²) in [6, 6.07) is 0. The third kappa shape index (κ3) is 8.26. The van der Waals surface area contributed by atoms with Gasteiger partial charge < -0.3 is 9.47 Å². The monoisotopic (exact) mass is 190 g/mol. The lowest BCUT2D eigenvalue weighted by atomic mass is 10.2. The molecule has 2 unspecified atom stereocenters. The van der Waals surface area contributed by atoms with Crippen molar-refractivity contribution < 1.29 is 9.47 Å². The summed E-state index contributed by atoms with van der Waals surface area (Å²) >= 11 is 0. The van der Waals surface area contributed by atoms with Crippen LogP contribution in [0, 0.1) is 0 Å². The normalized spacial score (nSPS) is 25.4. The predicted molar refractivity (Wildman–Crippen MR) is 57.9 cm³/mol. The second-order valence-corrected chi connectivity index (χ2v) is 2.81. The average Bonchev–Trinajstić information content (AvgIpc) is 2.56. The molecule has 0 amide bonds. The lowest BCUT2D eigenvalue weighted by Crippen LogP contribution is -2.17. The third-order valence-electron chi connectivity index (χ3n) is 1.54. The minimum atomic E-state index is 0.306. The highest BCUT2D eigenvalue weighted by atomic mass is 16.7. The molecule has 2 atom stereocenters. The Bertz CT molecular complexity index is 84.2. The Kier molecular flexibility index (Phi) is 14.1. The SMILES string of the molecule is CC.CCC.CCC1OCOC1C. The van der Waals surface area contributed by atoms with Gasteiger partial charge in [0.25, 0.3) is 0 Å². The van der Waals surface area contributed by atoms with Gasteiger partial charge in [0.15, 0.2) is 0 Å². The number of rotatable bonds is 1. The topological polar surface area (TPSA) is 18.5 Å². The van der Waals surface area contributed by atoms with Crippen molar-refractivity contribution >= 4 is 0 Å². The van der Waals surface area contributed by atoms with Gasteiger partial charge in [-0.15, -0.1) is 0 Å². The van der Waals surface area contributed by atoms with Crippen molar-refractivity contribution in [3.8, 4) is 0 Å². The van der Waals surface area contributed by atoms with Gasteiger partial charge in [-0.3, -0.25) is 0 Å². The van der Waals surface area contributed by atoms with E-state index in [1.165, 1.54) is 6.42 Å². The first-order valence-corrected chi connectivity index (χ1v) is 5.49. The van der Waals surface area contributed by atoms with Crippen LogP contribution in [0.25, 0.3) is 0 Å². The van der Waals surface area contributed by atoms with Crippen LogP contribution in [0.3, 0.4) is 0 Å². The van der Waals surface area contributed by atoms with Crippen LogP contribution in [0.2, 0.25) is 0 Å². The summed E-state index contributed by atoms with van der Waals surface area (Å²) < 4.78 is 10.3. The van der Waals surface area contributed by atoms with E-state index in [1.807, 2.05) is 20.8 Å². The lowest BCUT2D eigenvalue weighted by molar-refractivity contribution is 0.0401. The summed E-state index contributed by atoms with van der Waals surface area (Å²) in [5.41, 5.74) is 0. The van der Waals surface area contributed by atoms with E-state index in [0.717, 1.165) is 6.42 Å². The summed E-state index contributed by atoms with van der Waals surface area (Å²) in [7, 11) is 0. The highest BCUT2D eigenvalue weighted by molar-refractivity contribution is 4.66. The number of hydrogen-bond acceptors (Lipinski definition) is 2. The molecule has 0 aliphatic carbocycles. The molecule has 13 heavy (non-hydrogen) atoms. The van der Waals surface area contributed by atoms with Crippen LogP contribution in [0.15, 0.2) is 0 Å². The molecule has 1 fully saturated rings. The standard InChI is InChI=1S/C6H12O2.C3H8.C2H6/c1-3-6-5(2)7-4-8-6;1-3-2;1-2/h5-6H,3-4H2,1-2H3;3H2,1-2H3;1-2H3. The van der Waals surface area contributed by atoms with Crippen LogP contribution in [0.1, 0.15) is 54.4 Å². The molecule has 0 saturated carbocycles. The fourth-order valence-electron chi connectivity index (χ4n) is 0.927. The third-order valence-corrected chi connectivity index (χ3v) is 1.54. The maximum atomic E-state index is 5.19. The largest absolute Gasteiger partial charge is 0.350 e. The molecule has 1 saturated heterocycles. The van der Waals surface area contributed by atoms with Gasteiger partial charge in [0.05, 0.1) is 12.2 Å². The molecule has 0 spiro atoms. The van der Waals surface area contributed by atoms with E-state index < -0.39 is 0 Å². The van der Waals surface area contributed by atoms with Gasteiger partial charge in [0.2, 0.25) is 0 Å². The molecule has 0 radical (unpaired) electrons. The van der Waals surface area contributed by atoms with Crippen LogP contribution in [0.5, 0.6) is 0 Å². The van der Waals surface area contributed by atoms with Crippen LogP contribution < -0.4 is 0 Å². The summed E-state index contributed by atoms with van der Waals surface area (Å²) in [6.07, 6.45) is 2.95. The Labute approximate surface area is 83.6 Å². The first kappa shape index (κ1) is 15.4. The van der Waals surface area contributed by atoms with E-state index in [-0.39, 0.29) is 0 Å². The number of hydrogen-bond donors (Lipinski definition) is 0. The van der Waals surface area contributed by atoms with E-state index >= 15 is 0 Å². The fraction of sp³-hybridized carbons (Fsp3) is 1.00. The molecule has 2 heteroatoms. The van der Waals surface area contributed by atoms with Crippen LogP contribution in [-0.4, -0.2) is 19.0 Å². The molecular formula is C11H26O2. The van der Waals surface area contributed by atoms with E-state index in [4.69, 9.17) is 9.47 Å². The Morgan fingerprint density at radius 1 is 1.08 bits per heavy atom. The van der Waals surface area contributed by atoms with Gasteiger partial charge in [-0.1, -0.05) is 41.0 Å². The zero-order valence-corrected chi connectivity index (χ0v) is 10.1. The summed E-state index contributed by atoms with van der Waals surface area (Å²) in [4.78, 5) is 0. The van der Waals surface area contributed by atoms with Crippen molar-refractivity contribution in [1.82, 2.24) is 0 Å². The summed E-state index contributed by atoms with van der Waals surface area (Å²) in [5, 5.41) is 0. The molecule has 0 aromatic heterocycles. The van der Waals surface area contributed by atoms with Crippen molar-refractivity contribution in [2.24, 2.45) is 0 Å². The number of ether oxygens (including phenoxy) is 2. The molecule has 2 nitrogen and oxygen atoms in total. The zero-order valence-electron chi connectivity index (χ0n) is 10.1. The molecule has 0 bridgehead atoms. The van der Waals surface area contributed by atoms with Crippen molar-refractivity contribution in [3.63, 3.8) is 0 Å². The van der Waals surface area contributed by atoms with Crippen molar-refractivity contribution in [2.75, 3.05) is 6.79 Å². The quantitative estimate of drug-likeness (QED) is 0.629. The highest BCUT2D eigenvalue weighted by Gasteiger charge is 2.22. The maximum absolute atomic E-state index is 5.19. The summed E-state index contributed by atoms with van der Waals surface area (Å²) in [5.74, 6) is 0. The Morgan fingerprint density at radius 3 is 1.69 bits per heavy atom. The van der Waals surface area contributed by atoms with Crippen molar-refractivity contribution in [2.45, 2.75) is 66.6 Å². The van der Waals surface area contributed by atoms with E-state index in [0.29, 0.717) is 19.0 Å². The maximum Gasteiger partial charge on any atom is 0.147 e. The zero-order chi connectivity index (χ0) is 10.7. The second kappa shape index (κ2) is 11.9. The molecule has 1 heterocycles. The smallest absolute Gasteiger partial charge is 0.147 e. The van der Waals surface area contributed by atoms with Crippen LogP contribution in [-0.2, 0) is 9.47 Å². The van der Waals surface area contributed by atoms with Crippen molar-refractivity contribution in [3.05, 3.63) is 0 Å². The molecular weight excluding hydrogens is 164 g/mol. The Morgan fingerprint density at radius 2 is 1.54 bits per heavy atom. The fourth-order valence-corrected chi connectivity index (χ4v) is 0.927. The molecule has 1 aliphatic rings. The van der Waals surface area contributed by atoms with Crippen LogP contribution >= 0.6 is 0 Å². The first-order chi connectivity index (χ1) is 6.26. The predicted octanol–water partition coefficient (Wildman–Crippen LogP) is 3.60. The average molecular weight is 190 g/mol.